The molecule has 0 spiro atoms. The first-order valence-corrected chi connectivity index (χ1v) is 8.38. The minimum absolute atomic E-state index is 0.133. The highest BCUT2D eigenvalue weighted by Gasteiger charge is 2.29. The van der Waals surface area contributed by atoms with Crippen LogP contribution < -0.4 is 5.32 Å². The summed E-state index contributed by atoms with van der Waals surface area (Å²) in [5.41, 5.74) is 0.257. The lowest BCUT2D eigenvalue weighted by Gasteiger charge is -2.13. The summed E-state index contributed by atoms with van der Waals surface area (Å²) < 4.78 is 27.8. The standard InChI is InChI=1S/C13H21N3O4S/c1-10(9-17)14-13(18)12-7-11(8-15(12)2)21(19,20)16-5-3-4-6-16/h7-8,10,17H,3-6,9H2,1-2H3,(H,14,18)/t10-/m1/s1. The Hall–Kier alpha value is -1.38. The molecule has 1 aliphatic rings. The zero-order chi connectivity index (χ0) is 15.6. The maximum Gasteiger partial charge on any atom is 0.268 e. The van der Waals surface area contributed by atoms with Crippen LogP contribution in [0.3, 0.4) is 0 Å². The molecule has 1 aromatic rings. The monoisotopic (exact) mass is 315 g/mol. The molecule has 0 aliphatic carbocycles. The van der Waals surface area contributed by atoms with Crippen LogP contribution in [0.2, 0.25) is 0 Å². The normalized spacial score (nSPS) is 17.9. The van der Waals surface area contributed by atoms with Crippen molar-refractivity contribution >= 4 is 15.9 Å². The van der Waals surface area contributed by atoms with Gasteiger partial charge in [-0.3, -0.25) is 4.79 Å². The van der Waals surface area contributed by atoms with E-state index in [0.29, 0.717) is 13.1 Å². The van der Waals surface area contributed by atoms with Gasteiger partial charge in [-0.1, -0.05) is 0 Å². The molecule has 1 aliphatic heterocycles. The molecule has 1 aromatic heterocycles. The smallest absolute Gasteiger partial charge is 0.268 e. The van der Waals surface area contributed by atoms with Gasteiger partial charge in [0.1, 0.15) is 10.6 Å². The Bertz CT molecular complexity index is 617. The molecule has 2 heterocycles. The molecule has 0 aromatic carbocycles. The van der Waals surface area contributed by atoms with Crippen molar-refractivity contribution in [1.29, 1.82) is 0 Å². The number of carbonyl (C=O) groups is 1. The minimum Gasteiger partial charge on any atom is -0.394 e. The molecule has 1 saturated heterocycles. The Morgan fingerprint density at radius 2 is 2.05 bits per heavy atom. The molecule has 21 heavy (non-hydrogen) atoms. The molecule has 2 N–H and O–H groups in total. The van der Waals surface area contributed by atoms with Crippen molar-refractivity contribution in [3.8, 4) is 0 Å². The van der Waals surface area contributed by atoms with Gasteiger partial charge in [0.25, 0.3) is 5.91 Å². The number of hydrogen-bond acceptors (Lipinski definition) is 4. The Morgan fingerprint density at radius 3 is 2.62 bits per heavy atom. The van der Waals surface area contributed by atoms with Crippen molar-refractivity contribution < 1.29 is 18.3 Å². The lowest BCUT2D eigenvalue weighted by molar-refractivity contribution is 0.0914. The van der Waals surface area contributed by atoms with Crippen LogP contribution in [0.5, 0.6) is 0 Å². The first-order chi connectivity index (χ1) is 9.86. The molecular weight excluding hydrogens is 294 g/mol. The van der Waals surface area contributed by atoms with E-state index in [-0.39, 0.29) is 23.2 Å². The Morgan fingerprint density at radius 1 is 1.43 bits per heavy atom. The van der Waals surface area contributed by atoms with Gasteiger partial charge in [-0.2, -0.15) is 4.31 Å². The number of sulfonamides is 1. The van der Waals surface area contributed by atoms with Crippen LogP contribution in [-0.4, -0.2) is 54.0 Å². The second-order valence-electron chi connectivity index (χ2n) is 5.34. The van der Waals surface area contributed by atoms with Gasteiger partial charge < -0.3 is 15.0 Å². The highest BCUT2D eigenvalue weighted by molar-refractivity contribution is 7.89. The van der Waals surface area contributed by atoms with Crippen LogP contribution >= 0.6 is 0 Å². The maximum absolute atomic E-state index is 12.4. The van der Waals surface area contributed by atoms with E-state index in [1.807, 2.05) is 0 Å². The average molecular weight is 315 g/mol. The topological polar surface area (TPSA) is 91.6 Å². The Labute approximate surface area is 124 Å². The van der Waals surface area contributed by atoms with E-state index >= 15 is 0 Å². The molecule has 1 atom stereocenters. The number of aromatic nitrogens is 1. The summed E-state index contributed by atoms with van der Waals surface area (Å²) in [6, 6.07) is 0.999. The number of aliphatic hydroxyl groups is 1. The van der Waals surface area contributed by atoms with Crippen molar-refractivity contribution in [2.45, 2.75) is 30.7 Å². The molecule has 118 valence electrons. The van der Waals surface area contributed by atoms with E-state index < -0.39 is 15.9 Å². The molecule has 2 rings (SSSR count). The molecule has 0 bridgehead atoms. The van der Waals surface area contributed by atoms with E-state index in [0.717, 1.165) is 12.8 Å². The lowest BCUT2D eigenvalue weighted by Crippen LogP contribution is -2.35. The number of rotatable bonds is 5. The number of aliphatic hydroxyl groups excluding tert-OH is 1. The SMILES string of the molecule is C[C@H](CO)NC(=O)c1cc(S(=O)(=O)N2CCCC2)cn1C. The van der Waals surface area contributed by atoms with Gasteiger partial charge in [-0.25, -0.2) is 8.42 Å². The third-order valence-corrected chi connectivity index (χ3v) is 5.43. The molecule has 0 radical (unpaired) electrons. The van der Waals surface area contributed by atoms with Gasteiger partial charge in [0.15, 0.2) is 0 Å². The molecule has 1 amide bonds. The van der Waals surface area contributed by atoms with Gasteiger partial charge in [-0.05, 0) is 25.8 Å². The summed E-state index contributed by atoms with van der Waals surface area (Å²) in [5, 5.41) is 11.6. The summed E-state index contributed by atoms with van der Waals surface area (Å²) in [6.45, 7) is 2.55. The van der Waals surface area contributed by atoms with Crippen molar-refractivity contribution in [2.75, 3.05) is 19.7 Å². The number of nitrogens with one attached hydrogen (secondary N) is 1. The zero-order valence-corrected chi connectivity index (χ0v) is 13.1. The third-order valence-electron chi connectivity index (χ3n) is 3.57. The first kappa shape index (κ1) is 16.0. The predicted molar refractivity (Wildman–Crippen MR) is 77.4 cm³/mol. The number of hydrogen-bond donors (Lipinski definition) is 2. The Kier molecular flexibility index (Phi) is 4.70. The summed E-state index contributed by atoms with van der Waals surface area (Å²) in [5.74, 6) is -0.401. The predicted octanol–water partition coefficient (Wildman–Crippen LogP) is -0.0798. The van der Waals surface area contributed by atoms with Gasteiger partial charge in [0.2, 0.25) is 10.0 Å². The molecule has 0 saturated carbocycles. The van der Waals surface area contributed by atoms with Crippen molar-refractivity contribution in [1.82, 2.24) is 14.2 Å². The van der Waals surface area contributed by atoms with Crippen LogP contribution in [-0.2, 0) is 17.1 Å². The second kappa shape index (κ2) is 6.17. The van der Waals surface area contributed by atoms with E-state index in [2.05, 4.69) is 5.32 Å². The van der Waals surface area contributed by atoms with E-state index in [4.69, 9.17) is 5.11 Å². The van der Waals surface area contributed by atoms with E-state index in [1.165, 1.54) is 21.1 Å². The van der Waals surface area contributed by atoms with Crippen molar-refractivity contribution in [3.63, 3.8) is 0 Å². The second-order valence-corrected chi connectivity index (χ2v) is 7.28. The molecule has 0 unspecified atom stereocenters. The third kappa shape index (κ3) is 3.28. The summed E-state index contributed by atoms with van der Waals surface area (Å²) in [6.07, 6.45) is 3.19. The first-order valence-electron chi connectivity index (χ1n) is 6.94. The van der Waals surface area contributed by atoms with Gasteiger partial charge in [-0.15, -0.1) is 0 Å². The quantitative estimate of drug-likeness (QED) is 0.795. The zero-order valence-electron chi connectivity index (χ0n) is 12.2. The fourth-order valence-electron chi connectivity index (χ4n) is 2.32. The van der Waals surface area contributed by atoms with Gasteiger partial charge in [0.05, 0.1) is 6.61 Å². The molecular formula is C13H21N3O4S. The van der Waals surface area contributed by atoms with Crippen LogP contribution in [0.4, 0.5) is 0 Å². The minimum atomic E-state index is -3.52. The maximum atomic E-state index is 12.4. The molecule has 8 heteroatoms. The Balaban J connectivity index is 2.24. The summed E-state index contributed by atoms with van der Waals surface area (Å²) in [7, 11) is -1.90. The van der Waals surface area contributed by atoms with E-state index in [1.54, 1.807) is 14.0 Å². The lowest BCUT2D eigenvalue weighted by atomic mass is 10.3. The number of amides is 1. The number of nitrogens with zero attached hydrogens (tertiary/aromatic N) is 2. The summed E-state index contributed by atoms with van der Waals surface area (Å²) >= 11 is 0. The average Bonchev–Trinajstić information content (AvgIpc) is 3.07. The largest absolute Gasteiger partial charge is 0.394 e. The van der Waals surface area contributed by atoms with Crippen molar-refractivity contribution in [3.05, 3.63) is 18.0 Å². The number of carbonyl (C=O) groups excluding carboxylic acids is 1. The molecule has 1 fully saturated rings. The fraction of sp³-hybridized carbons (Fsp3) is 0.615. The fourth-order valence-corrected chi connectivity index (χ4v) is 3.91. The summed E-state index contributed by atoms with van der Waals surface area (Å²) in [4.78, 5) is 12.2. The van der Waals surface area contributed by atoms with Crippen LogP contribution in [0.1, 0.15) is 30.3 Å². The van der Waals surface area contributed by atoms with E-state index in [9.17, 15) is 13.2 Å². The van der Waals surface area contributed by atoms with Gasteiger partial charge >= 0.3 is 0 Å². The van der Waals surface area contributed by atoms with Crippen LogP contribution in [0.25, 0.3) is 0 Å². The van der Waals surface area contributed by atoms with Crippen molar-refractivity contribution in [2.24, 2.45) is 7.05 Å². The molecule has 7 nitrogen and oxygen atoms in total. The highest BCUT2D eigenvalue weighted by atomic mass is 32.2. The number of aryl methyl sites for hydroxylation is 1. The van der Waals surface area contributed by atoms with Gasteiger partial charge in [0, 0.05) is 32.4 Å². The van der Waals surface area contributed by atoms with Crippen LogP contribution in [0, 0.1) is 0 Å². The van der Waals surface area contributed by atoms with Crippen LogP contribution in [0.15, 0.2) is 17.2 Å². The highest BCUT2D eigenvalue weighted by Crippen LogP contribution is 2.22.